The standard InChI is InChI=1S/C44H53N3O8S/c1-30-12-22-37(23-13-30)56(51,52)46-38(25-31-9-6-5-7-10-31)41(49)45-27-32-14-20-35(21-15-32)43-53-36(26-40(54-43)34-18-16-33(29-48)17-19-34)28-47-24-8-11-39(47)42(50)55-44(2,3)4/h5-7,9-10,12-23,36,38-40,43,46,48H,8,11,24-29H2,1-4H3,(H,45,49)/t36-,38-,39+,40+,43+/m1/s1. The highest BCUT2D eigenvalue weighted by molar-refractivity contribution is 7.89. The van der Waals surface area contributed by atoms with Crippen LogP contribution in [0.15, 0.2) is 108 Å². The highest BCUT2D eigenvalue weighted by atomic mass is 32.2. The lowest BCUT2D eigenvalue weighted by atomic mass is 9.99. The maximum atomic E-state index is 13.6. The van der Waals surface area contributed by atoms with Gasteiger partial charge in [-0.3, -0.25) is 14.5 Å². The van der Waals surface area contributed by atoms with Crippen molar-refractivity contribution < 1.29 is 37.3 Å². The van der Waals surface area contributed by atoms with Crippen LogP contribution in [0, 0.1) is 6.92 Å². The van der Waals surface area contributed by atoms with E-state index in [1.807, 2.05) is 107 Å². The summed E-state index contributed by atoms with van der Waals surface area (Å²) in [6.45, 7) is 8.94. The van der Waals surface area contributed by atoms with E-state index in [0.29, 0.717) is 13.0 Å². The monoisotopic (exact) mass is 783 g/mol. The minimum Gasteiger partial charge on any atom is -0.459 e. The number of nitrogens with one attached hydrogen (secondary N) is 2. The first-order valence-corrected chi connectivity index (χ1v) is 20.7. The van der Waals surface area contributed by atoms with E-state index < -0.39 is 33.9 Å². The Morgan fingerprint density at radius 3 is 2.20 bits per heavy atom. The van der Waals surface area contributed by atoms with Gasteiger partial charge >= 0.3 is 5.97 Å². The van der Waals surface area contributed by atoms with Crippen LogP contribution in [0.1, 0.15) is 85.8 Å². The molecule has 0 saturated carbocycles. The number of esters is 1. The topological polar surface area (TPSA) is 144 Å². The van der Waals surface area contributed by atoms with E-state index in [1.165, 1.54) is 12.1 Å². The molecule has 12 heteroatoms. The molecule has 0 aromatic heterocycles. The predicted octanol–water partition coefficient (Wildman–Crippen LogP) is 6.04. The molecule has 11 nitrogen and oxygen atoms in total. The molecule has 56 heavy (non-hydrogen) atoms. The number of hydrogen-bond donors (Lipinski definition) is 3. The summed E-state index contributed by atoms with van der Waals surface area (Å²) in [7, 11) is -3.97. The summed E-state index contributed by atoms with van der Waals surface area (Å²) in [5.74, 6) is -0.662. The Balaban J connectivity index is 1.14. The van der Waals surface area contributed by atoms with Gasteiger partial charge in [0.05, 0.1) is 23.7 Å². The van der Waals surface area contributed by atoms with Crippen LogP contribution in [-0.4, -0.2) is 67.2 Å². The van der Waals surface area contributed by atoms with Gasteiger partial charge in [0.15, 0.2) is 6.29 Å². The molecule has 4 aromatic carbocycles. The number of aryl methyl sites for hydroxylation is 1. The number of carbonyl (C=O) groups is 2. The molecule has 2 aliphatic heterocycles. The van der Waals surface area contributed by atoms with Crippen molar-refractivity contribution in [1.82, 2.24) is 14.9 Å². The molecule has 5 atom stereocenters. The third-order valence-corrected chi connectivity index (χ3v) is 11.5. The summed E-state index contributed by atoms with van der Waals surface area (Å²) >= 11 is 0. The van der Waals surface area contributed by atoms with E-state index in [2.05, 4.69) is 14.9 Å². The molecule has 2 fully saturated rings. The Morgan fingerprint density at radius 1 is 0.875 bits per heavy atom. The van der Waals surface area contributed by atoms with E-state index >= 15 is 0 Å². The normalized spacial score (nSPS) is 21.0. The predicted molar refractivity (Wildman–Crippen MR) is 213 cm³/mol. The number of likely N-dealkylation sites (tertiary alicyclic amines) is 1. The molecular formula is C44H53N3O8S. The van der Waals surface area contributed by atoms with E-state index in [0.717, 1.165) is 52.8 Å². The number of benzene rings is 4. The number of carbonyl (C=O) groups excluding carboxylic acids is 2. The van der Waals surface area contributed by atoms with Gasteiger partial charge in [-0.05, 0) is 87.9 Å². The van der Waals surface area contributed by atoms with Crippen molar-refractivity contribution in [2.24, 2.45) is 0 Å². The molecule has 2 aliphatic rings. The lowest BCUT2D eigenvalue weighted by Gasteiger charge is -2.38. The van der Waals surface area contributed by atoms with Crippen LogP contribution in [0.5, 0.6) is 0 Å². The van der Waals surface area contributed by atoms with Crippen LogP contribution in [0.2, 0.25) is 0 Å². The zero-order valence-electron chi connectivity index (χ0n) is 32.5. The number of nitrogens with zero attached hydrogens (tertiary/aromatic N) is 1. The van der Waals surface area contributed by atoms with Crippen molar-refractivity contribution in [3.63, 3.8) is 0 Å². The molecule has 6 rings (SSSR count). The number of aliphatic hydroxyl groups is 1. The Bertz CT molecular complexity index is 2020. The zero-order chi connectivity index (χ0) is 39.9. The van der Waals surface area contributed by atoms with Crippen molar-refractivity contribution in [2.45, 2.75) is 108 Å². The van der Waals surface area contributed by atoms with Gasteiger partial charge in [-0.1, -0.05) is 96.6 Å². The highest BCUT2D eigenvalue weighted by Gasteiger charge is 2.39. The SMILES string of the molecule is Cc1ccc(S(=O)(=O)N[C@H](Cc2ccccc2)C(=O)NCc2ccc([C@H]3O[C@@H](CN4CCC[C@H]4C(=O)OC(C)(C)C)C[C@@H](c4ccc(CO)cc4)O3)cc2)cc1. The van der Waals surface area contributed by atoms with Crippen LogP contribution in [-0.2, 0) is 53.4 Å². The number of hydrogen-bond acceptors (Lipinski definition) is 9. The van der Waals surface area contributed by atoms with Gasteiger partial charge in [0.1, 0.15) is 17.7 Å². The lowest BCUT2D eigenvalue weighted by molar-refractivity contribution is -0.253. The first kappa shape index (κ1) is 41.2. The molecule has 3 N–H and O–H groups in total. The first-order valence-electron chi connectivity index (χ1n) is 19.2. The molecule has 0 spiro atoms. The van der Waals surface area contributed by atoms with Crippen LogP contribution < -0.4 is 10.0 Å². The van der Waals surface area contributed by atoms with Crippen LogP contribution in [0.25, 0.3) is 0 Å². The minimum atomic E-state index is -3.97. The molecule has 0 aliphatic carbocycles. The summed E-state index contributed by atoms with van der Waals surface area (Å²) in [6.07, 6.45) is 1.14. The van der Waals surface area contributed by atoms with Crippen molar-refractivity contribution in [3.8, 4) is 0 Å². The van der Waals surface area contributed by atoms with E-state index in [1.54, 1.807) is 12.1 Å². The third-order valence-electron chi connectivity index (χ3n) is 10.0. The molecule has 1 amide bonds. The van der Waals surface area contributed by atoms with Gasteiger partial charge in [0, 0.05) is 25.1 Å². The van der Waals surface area contributed by atoms with E-state index in [4.69, 9.17) is 14.2 Å². The van der Waals surface area contributed by atoms with Gasteiger partial charge < -0.3 is 24.6 Å². The molecule has 4 aromatic rings. The number of ether oxygens (including phenoxy) is 3. The molecular weight excluding hydrogens is 731 g/mol. The average Bonchev–Trinajstić information content (AvgIpc) is 3.65. The van der Waals surface area contributed by atoms with Crippen LogP contribution in [0.3, 0.4) is 0 Å². The lowest BCUT2D eigenvalue weighted by Crippen LogP contribution is -2.47. The van der Waals surface area contributed by atoms with Crippen molar-refractivity contribution in [3.05, 3.63) is 137 Å². The molecule has 0 unspecified atom stereocenters. The second kappa shape index (κ2) is 18.2. The van der Waals surface area contributed by atoms with Crippen molar-refractivity contribution in [2.75, 3.05) is 13.1 Å². The number of sulfonamides is 1. The summed E-state index contributed by atoms with van der Waals surface area (Å²) in [6, 6.07) is 29.7. The average molecular weight is 784 g/mol. The van der Waals surface area contributed by atoms with Gasteiger partial charge in [-0.25, -0.2) is 8.42 Å². The second-order valence-electron chi connectivity index (χ2n) is 15.7. The maximum absolute atomic E-state index is 13.6. The third kappa shape index (κ3) is 11.1. The van der Waals surface area contributed by atoms with Gasteiger partial charge in [0.2, 0.25) is 15.9 Å². The van der Waals surface area contributed by atoms with E-state index in [9.17, 15) is 23.1 Å². The summed E-state index contributed by atoms with van der Waals surface area (Å²) in [5.41, 5.74) is 4.55. The molecule has 0 radical (unpaired) electrons. The molecule has 0 bridgehead atoms. The summed E-state index contributed by atoms with van der Waals surface area (Å²) < 4.78 is 48.2. The molecule has 2 saturated heterocycles. The fourth-order valence-electron chi connectivity index (χ4n) is 7.09. The van der Waals surface area contributed by atoms with Crippen LogP contribution in [0.4, 0.5) is 0 Å². The summed E-state index contributed by atoms with van der Waals surface area (Å²) in [4.78, 5) is 29.0. The Kier molecular flexibility index (Phi) is 13.4. The van der Waals surface area contributed by atoms with Crippen molar-refractivity contribution >= 4 is 21.9 Å². The maximum Gasteiger partial charge on any atom is 0.323 e. The highest BCUT2D eigenvalue weighted by Crippen LogP contribution is 2.39. The summed E-state index contributed by atoms with van der Waals surface area (Å²) in [5, 5.41) is 12.5. The Hall–Kier alpha value is -4.43. The fourth-order valence-corrected chi connectivity index (χ4v) is 8.29. The minimum absolute atomic E-state index is 0.0509. The molecule has 298 valence electrons. The van der Waals surface area contributed by atoms with E-state index in [-0.39, 0.29) is 48.7 Å². The Labute approximate surface area is 330 Å². The number of aliphatic hydroxyl groups excluding tert-OH is 1. The first-order chi connectivity index (χ1) is 26.8. The second-order valence-corrected chi connectivity index (χ2v) is 17.4. The fraction of sp³-hybridized carbons (Fsp3) is 0.409. The quantitative estimate of drug-likeness (QED) is 0.130. The largest absolute Gasteiger partial charge is 0.459 e. The number of rotatable bonds is 14. The Morgan fingerprint density at radius 2 is 1.54 bits per heavy atom. The van der Waals surface area contributed by atoms with Gasteiger partial charge in [-0.15, -0.1) is 0 Å². The zero-order valence-corrected chi connectivity index (χ0v) is 33.3. The smallest absolute Gasteiger partial charge is 0.323 e. The van der Waals surface area contributed by atoms with Crippen LogP contribution >= 0.6 is 0 Å². The molecule has 2 heterocycles. The van der Waals surface area contributed by atoms with Gasteiger partial charge in [-0.2, -0.15) is 4.72 Å². The number of amides is 1. The van der Waals surface area contributed by atoms with Crippen molar-refractivity contribution in [1.29, 1.82) is 0 Å². The van der Waals surface area contributed by atoms with Gasteiger partial charge in [0.25, 0.3) is 0 Å².